The maximum absolute atomic E-state index is 12.6. The molecular weight excluding hydrogens is 402 g/mol. The number of carbonyl (C=O) groups excluding carboxylic acids is 1. The van der Waals surface area contributed by atoms with Gasteiger partial charge in [-0.15, -0.1) is 0 Å². The van der Waals surface area contributed by atoms with Gasteiger partial charge in [0.05, 0.1) is 11.9 Å². The van der Waals surface area contributed by atoms with Crippen LogP contribution in [-0.4, -0.2) is 48.4 Å². The van der Waals surface area contributed by atoms with Crippen LogP contribution in [0.5, 0.6) is 0 Å². The molecule has 3 rings (SSSR count). The summed E-state index contributed by atoms with van der Waals surface area (Å²) < 4.78 is 1.50. The lowest BCUT2D eigenvalue weighted by Crippen LogP contribution is -2.41. The molecular formula is C25H37N5O2. The van der Waals surface area contributed by atoms with E-state index in [1.54, 1.807) is 12.3 Å². The van der Waals surface area contributed by atoms with Crippen molar-refractivity contribution in [3.05, 3.63) is 52.4 Å². The molecule has 1 N–H and O–H groups in total. The van der Waals surface area contributed by atoms with E-state index in [-0.39, 0.29) is 17.4 Å². The first-order chi connectivity index (χ1) is 15.5. The van der Waals surface area contributed by atoms with Gasteiger partial charge in [0.25, 0.3) is 5.56 Å². The molecule has 1 fully saturated rings. The zero-order valence-electron chi connectivity index (χ0n) is 19.7. The number of hydrogen-bond acceptors (Lipinski definition) is 5. The predicted octanol–water partition coefficient (Wildman–Crippen LogP) is 3.21. The Kier molecular flexibility index (Phi) is 8.71. The van der Waals surface area contributed by atoms with Gasteiger partial charge in [-0.05, 0) is 57.2 Å². The minimum absolute atomic E-state index is 0.0405. The number of anilines is 2. The summed E-state index contributed by atoms with van der Waals surface area (Å²) in [7, 11) is 0. The van der Waals surface area contributed by atoms with Crippen molar-refractivity contribution in [2.75, 3.05) is 42.5 Å². The van der Waals surface area contributed by atoms with Crippen LogP contribution < -0.4 is 20.7 Å². The molecule has 0 saturated carbocycles. The zero-order valence-corrected chi connectivity index (χ0v) is 19.7. The lowest BCUT2D eigenvalue weighted by molar-refractivity contribution is -0.125. The number of nitrogens with one attached hydrogen (secondary N) is 1. The van der Waals surface area contributed by atoms with Gasteiger partial charge in [0.2, 0.25) is 5.91 Å². The molecule has 0 spiro atoms. The van der Waals surface area contributed by atoms with Gasteiger partial charge in [0.15, 0.2) is 0 Å². The number of aryl methyl sites for hydroxylation is 2. The average Bonchev–Trinajstić information content (AvgIpc) is 2.80. The van der Waals surface area contributed by atoms with Gasteiger partial charge in [0.1, 0.15) is 0 Å². The molecule has 0 aliphatic carbocycles. The SMILES string of the molecule is CCCn1ncc(N2CCC(C(=O)NCCCN(CC)c3cccc(C)c3)CC2)cc1=O. The Hall–Kier alpha value is -2.83. The van der Waals surface area contributed by atoms with Crippen molar-refractivity contribution in [2.45, 2.75) is 53.0 Å². The molecule has 1 aromatic heterocycles. The minimum atomic E-state index is -0.0593. The molecule has 174 valence electrons. The van der Waals surface area contributed by atoms with Crippen molar-refractivity contribution >= 4 is 17.3 Å². The molecule has 1 aliphatic heterocycles. The third-order valence-corrected chi connectivity index (χ3v) is 6.17. The van der Waals surface area contributed by atoms with E-state index in [2.05, 4.69) is 58.3 Å². The molecule has 1 aromatic carbocycles. The van der Waals surface area contributed by atoms with E-state index in [9.17, 15) is 9.59 Å². The van der Waals surface area contributed by atoms with Crippen molar-refractivity contribution in [2.24, 2.45) is 5.92 Å². The highest BCUT2D eigenvalue weighted by Gasteiger charge is 2.25. The van der Waals surface area contributed by atoms with Crippen molar-refractivity contribution in [1.29, 1.82) is 0 Å². The standard InChI is InChI=1S/C25H37N5O2/c1-4-13-30-24(31)18-23(19-27-30)29-15-10-21(11-16-29)25(32)26-12-7-14-28(5-2)22-9-6-8-20(3)17-22/h6,8-9,17-19,21H,4-5,7,10-16H2,1-3H3,(H,26,32). The van der Waals surface area contributed by atoms with Gasteiger partial charge in [-0.25, -0.2) is 4.68 Å². The number of aromatic nitrogens is 2. The van der Waals surface area contributed by atoms with Crippen LogP contribution >= 0.6 is 0 Å². The van der Waals surface area contributed by atoms with Crippen LogP contribution in [0, 0.1) is 12.8 Å². The number of rotatable bonds is 10. The number of hydrogen-bond donors (Lipinski definition) is 1. The third kappa shape index (κ3) is 6.34. The van der Waals surface area contributed by atoms with Crippen molar-refractivity contribution in [3.63, 3.8) is 0 Å². The van der Waals surface area contributed by atoms with E-state index >= 15 is 0 Å². The fourth-order valence-electron chi connectivity index (χ4n) is 4.30. The van der Waals surface area contributed by atoms with E-state index in [0.717, 1.165) is 57.5 Å². The summed E-state index contributed by atoms with van der Waals surface area (Å²) in [5.74, 6) is 0.193. The van der Waals surface area contributed by atoms with Gasteiger partial charge in [-0.1, -0.05) is 19.1 Å². The largest absolute Gasteiger partial charge is 0.372 e. The van der Waals surface area contributed by atoms with E-state index in [0.29, 0.717) is 13.1 Å². The van der Waals surface area contributed by atoms with Crippen molar-refractivity contribution in [3.8, 4) is 0 Å². The monoisotopic (exact) mass is 439 g/mol. The summed E-state index contributed by atoms with van der Waals surface area (Å²) in [5.41, 5.74) is 3.30. The highest BCUT2D eigenvalue weighted by molar-refractivity contribution is 5.79. The normalized spacial score (nSPS) is 14.4. The van der Waals surface area contributed by atoms with Gasteiger partial charge < -0.3 is 15.1 Å². The second kappa shape index (κ2) is 11.7. The molecule has 0 bridgehead atoms. The maximum Gasteiger partial charge on any atom is 0.268 e. The molecule has 1 amide bonds. The van der Waals surface area contributed by atoms with Crippen LogP contribution in [0.1, 0.15) is 45.1 Å². The highest BCUT2D eigenvalue weighted by atomic mass is 16.2. The minimum Gasteiger partial charge on any atom is -0.372 e. The quantitative estimate of drug-likeness (QED) is 0.576. The molecule has 7 nitrogen and oxygen atoms in total. The first-order valence-corrected chi connectivity index (χ1v) is 11.9. The van der Waals surface area contributed by atoms with Gasteiger partial charge >= 0.3 is 0 Å². The molecule has 1 aliphatic rings. The van der Waals surface area contributed by atoms with Gasteiger partial charge in [-0.3, -0.25) is 9.59 Å². The highest BCUT2D eigenvalue weighted by Crippen LogP contribution is 2.22. The Morgan fingerprint density at radius 1 is 1.22 bits per heavy atom. The summed E-state index contributed by atoms with van der Waals surface area (Å²) in [5, 5.41) is 7.40. The predicted molar refractivity (Wildman–Crippen MR) is 130 cm³/mol. The zero-order chi connectivity index (χ0) is 22.9. The first kappa shape index (κ1) is 23.8. The number of piperidine rings is 1. The molecule has 0 atom stereocenters. The topological polar surface area (TPSA) is 70.5 Å². The van der Waals surface area contributed by atoms with Gasteiger partial charge in [-0.2, -0.15) is 5.10 Å². The summed E-state index contributed by atoms with van der Waals surface area (Å²) in [6, 6.07) is 10.2. The summed E-state index contributed by atoms with van der Waals surface area (Å²) >= 11 is 0. The molecule has 7 heteroatoms. The fraction of sp³-hybridized carbons (Fsp3) is 0.560. The Balaban J connectivity index is 1.41. The van der Waals surface area contributed by atoms with Crippen LogP contribution in [-0.2, 0) is 11.3 Å². The lowest BCUT2D eigenvalue weighted by Gasteiger charge is -2.32. The number of amides is 1. The summed E-state index contributed by atoms with van der Waals surface area (Å²) in [6.45, 7) is 11.1. The third-order valence-electron chi connectivity index (χ3n) is 6.17. The maximum atomic E-state index is 12.6. The smallest absolute Gasteiger partial charge is 0.268 e. The number of benzene rings is 1. The number of nitrogens with zero attached hydrogens (tertiary/aromatic N) is 4. The summed E-state index contributed by atoms with van der Waals surface area (Å²) in [6.07, 6.45) is 5.18. The van der Waals surface area contributed by atoms with Crippen LogP contribution in [0.2, 0.25) is 0 Å². The van der Waals surface area contributed by atoms with Gasteiger partial charge in [0, 0.05) is 56.9 Å². The second-order valence-corrected chi connectivity index (χ2v) is 8.60. The van der Waals surface area contributed by atoms with Crippen LogP contribution in [0.25, 0.3) is 0 Å². The molecule has 0 radical (unpaired) electrons. The van der Waals surface area contributed by atoms with Crippen LogP contribution in [0.15, 0.2) is 41.3 Å². The van der Waals surface area contributed by atoms with Crippen LogP contribution in [0.4, 0.5) is 11.4 Å². The van der Waals surface area contributed by atoms with Crippen molar-refractivity contribution < 1.29 is 4.79 Å². The molecule has 2 heterocycles. The van der Waals surface area contributed by atoms with E-state index in [1.807, 2.05) is 6.92 Å². The lowest BCUT2D eigenvalue weighted by atomic mass is 9.95. The molecule has 32 heavy (non-hydrogen) atoms. The van der Waals surface area contributed by atoms with Crippen molar-refractivity contribution in [1.82, 2.24) is 15.1 Å². The molecule has 0 unspecified atom stereocenters. The molecule has 2 aromatic rings. The summed E-state index contributed by atoms with van der Waals surface area (Å²) in [4.78, 5) is 29.3. The second-order valence-electron chi connectivity index (χ2n) is 8.60. The molecule has 1 saturated heterocycles. The Morgan fingerprint density at radius 2 is 2.00 bits per heavy atom. The Labute approximate surface area is 191 Å². The van der Waals surface area contributed by atoms with E-state index in [1.165, 1.54) is 15.9 Å². The average molecular weight is 440 g/mol. The van der Waals surface area contributed by atoms with E-state index in [4.69, 9.17) is 0 Å². The van der Waals surface area contributed by atoms with Crippen LogP contribution in [0.3, 0.4) is 0 Å². The number of carbonyl (C=O) groups is 1. The Bertz CT molecular complexity index is 934. The fourth-order valence-corrected chi connectivity index (χ4v) is 4.30. The Morgan fingerprint density at radius 3 is 2.66 bits per heavy atom. The first-order valence-electron chi connectivity index (χ1n) is 11.9. The van der Waals surface area contributed by atoms with E-state index < -0.39 is 0 Å².